The molecule has 2 heterocycles. The van der Waals surface area contributed by atoms with Crippen molar-refractivity contribution in [2.45, 2.75) is 69.1 Å². The minimum absolute atomic E-state index is 0.00836. The number of hydrogen-bond donors (Lipinski definition) is 0. The monoisotopic (exact) mass is 674 g/mol. The third-order valence-corrected chi connectivity index (χ3v) is 12.5. The Balaban J connectivity index is 1.12. The number of allylic oxidation sites excluding steroid dienone is 11. The van der Waals surface area contributed by atoms with E-state index in [1.807, 2.05) is 0 Å². The van der Waals surface area contributed by atoms with Crippen LogP contribution in [-0.4, -0.2) is 19.9 Å². The van der Waals surface area contributed by atoms with Gasteiger partial charge in [0.2, 0.25) is 0 Å². The Morgan fingerprint density at radius 2 is 1.60 bits per heavy atom. The first-order chi connectivity index (χ1) is 25.5. The molecule has 4 nitrogen and oxygen atoms in total. The average molecular weight is 675 g/mol. The van der Waals surface area contributed by atoms with E-state index in [2.05, 4.69) is 148 Å². The molecule has 4 heteroatoms. The molecule has 0 spiro atoms. The molecule has 0 radical (unpaired) electrons. The molecule has 0 amide bonds. The lowest BCUT2D eigenvalue weighted by Gasteiger charge is -2.38. The van der Waals surface area contributed by atoms with Crippen LogP contribution in [0.25, 0.3) is 27.6 Å². The van der Waals surface area contributed by atoms with Crippen molar-refractivity contribution in [1.82, 2.24) is 19.9 Å². The third-order valence-electron chi connectivity index (χ3n) is 12.5. The molecule has 254 valence electrons. The van der Waals surface area contributed by atoms with Crippen LogP contribution in [0.3, 0.4) is 0 Å². The zero-order chi connectivity index (χ0) is 34.9. The summed E-state index contributed by atoms with van der Waals surface area (Å²) in [5.74, 6) is 3.05. The topological polar surface area (TPSA) is 51.6 Å². The van der Waals surface area contributed by atoms with Crippen LogP contribution < -0.4 is 0 Å². The maximum absolute atomic E-state index is 5.52. The van der Waals surface area contributed by atoms with Gasteiger partial charge in [-0.1, -0.05) is 128 Å². The Kier molecular flexibility index (Phi) is 7.25. The van der Waals surface area contributed by atoms with Gasteiger partial charge in [-0.15, -0.1) is 0 Å². The number of para-hydroxylation sites is 1. The smallest absolute Gasteiger partial charge is 0.164 e. The highest BCUT2D eigenvalue weighted by molar-refractivity contribution is 5.84. The average Bonchev–Trinajstić information content (AvgIpc) is 3.20. The maximum atomic E-state index is 5.52. The maximum Gasteiger partial charge on any atom is 0.164 e. The van der Waals surface area contributed by atoms with E-state index in [4.69, 9.17) is 19.9 Å². The first-order valence-corrected chi connectivity index (χ1v) is 18.9. The molecule has 3 aromatic carbocycles. The lowest BCUT2D eigenvalue weighted by atomic mass is 9.66. The molecule has 2 aromatic heterocycles. The van der Waals surface area contributed by atoms with Crippen molar-refractivity contribution in [1.29, 1.82) is 0 Å². The minimum Gasteiger partial charge on any atom is -0.256 e. The van der Waals surface area contributed by atoms with Crippen molar-refractivity contribution in [3.8, 4) is 0 Å². The van der Waals surface area contributed by atoms with Crippen molar-refractivity contribution in [3.63, 3.8) is 0 Å². The number of pyridine rings is 1. The van der Waals surface area contributed by atoms with Crippen molar-refractivity contribution in [3.05, 3.63) is 185 Å². The molecule has 0 saturated carbocycles. The lowest BCUT2D eigenvalue weighted by molar-refractivity contribution is 0.431. The highest BCUT2D eigenvalue weighted by Gasteiger charge is 2.41. The van der Waals surface area contributed by atoms with Gasteiger partial charge in [0.25, 0.3) is 0 Å². The van der Waals surface area contributed by atoms with Crippen molar-refractivity contribution < 1.29 is 0 Å². The molecule has 2 unspecified atom stereocenters. The van der Waals surface area contributed by atoms with Gasteiger partial charge in [0, 0.05) is 29.0 Å². The number of fused-ring (bicyclic) bond motifs is 6. The molecule has 0 N–H and O–H groups in total. The van der Waals surface area contributed by atoms with E-state index in [1.54, 1.807) is 0 Å². The predicted octanol–water partition coefficient (Wildman–Crippen LogP) is 11.0. The fourth-order valence-corrected chi connectivity index (χ4v) is 9.42. The molecule has 5 aliphatic carbocycles. The molecule has 5 aliphatic rings. The van der Waals surface area contributed by atoms with Crippen LogP contribution in [0.1, 0.15) is 104 Å². The molecule has 0 bridgehead atoms. The molecular formula is C48H42N4. The second kappa shape index (κ2) is 12.1. The molecule has 0 saturated heterocycles. The van der Waals surface area contributed by atoms with Gasteiger partial charge in [0.15, 0.2) is 11.6 Å². The second-order valence-corrected chi connectivity index (χ2v) is 15.8. The van der Waals surface area contributed by atoms with Crippen LogP contribution in [0.5, 0.6) is 0 Å². The first kappa shape index (κ1) is 31.3. The van der Waals surface area contributed by atoms with Crippen LogP contribution in [-0.2, 0) is 10.8 Å². The van der Waals surface area contributed by atoms with Crippen molar-refractivity contribution in [2.75, 3.05) is 0 Å². The van der Waals surface area contributed by atoms with Gasteiger partial charge < -0.3 is 0 Å². The number of aromatic nitrogens is 4. The Morgan fingerprint density at radius 3 is 2.50 bits per heavy atom. The first-order valence-electron chi connectivity index (χ1n) is 18.9. The zero-order valence-electron chi connectivity index (χ0n) is 29.9. The van der Waals surface area contributed by atoms with Gasteiger partial charge in [-0.3, -0.25) is 4.98 Å². The summed E-state index contributed by atoms with van der Waals surface area (Å²) in [6, 6.07) is 28.5. The van der Waals surface area contributed by atoms with Crippen LogP contribution in [0.4, 0.5) is 0 Å². The van der Waals surface area contributed by atoms with E-state index < -0.39 is 5.41 Å². The summed E-state index contributed by atoms with van der Waals surface area (Å²) in [7, 11) is 0. The van der Waals surface area contributed by atoms with Gasteiger partial charge in [0.05, 0.1) is 10.9 Å². The summed E-state index contributed by atoms with van der Waals surface area (Å²) in [6.07, 6.45) is 26.4. The van der Waals surface area contributed by atoms with Crippen LogP contribution in [0.15, 0.2) is 139 Å². The van der Waals surface area contributed by atoms with Crippen LogP contribution in [0, 0.1) is 5.92 Å². The summed E-state index contributed by atoms with van der Waals surface area (Å²) in [5, 5.41) is 1.20. The molecule has 5 aromatic rings. The highest BCUT2D eigenvalue weighted by Crippen LogP contribution is 2.50. The lowest BCUT2D eigenvalue weighted by Crippen LogP contribution is -2.33. The van der Waals surface area contributed by atoms with Gasteiger partial charge in [-0.25, -0.2) is 15.0 Å². The van der Waals surface area contributed by atoms with E-state index in [-0.39, 0.29) is 11.3 Å². The third kappa shape index (κ3) is 5.03. The van der Waals surface area contributed by atoms with Gasteiger partial charge in [0.1, 0.15) is 5.82 Å². The molecule has 0 fully saturated rings. The quantitative estimate of drug-likeness (QED) is 0.190. The summed E-state index contributed by atoms with van der Waals surface area (Å²) < 4.78 is 0. The molecule has 52 heavy (non-hydrogen) atoms. The van der Waals surface area contributed by atoms with E-state index in [1.165, 1.54) is 49.9 Å². The molecule has 0 aliphatic heterocycles. The van der Waals surface area contributed by atoms with Crippen molar-refractivity contribution in [2.24, 2.45) is 5.92 Å². The van der Waals surface area contributed by atoms with E-state index >= 15 is 0 Å². The van der Waals surface area contributed by atoms with E-state index in [9.17, 15) is 0 Å². The van der Waals surface area contributed by atoms with Crippen molar-refractivity contribution >= 4 is 27.6 Å². The number of rotatable bonds is 4. The molecule has 10 rings (SSSR count). The Labute approximate surface area is 306 Å². The fourth-order valence-electron chi connectivity index (χ4n) is 9.42. The number of hydrogen-bond acceptors (Lipinski definition) is 4. The van der Waals surface area contributed by atoms with Gasteiger partial charge in [-0.2, -0.15) is 0 Å². The minimum atomic E-state index is -0.391. The normalized spacial score (nSPS) is 25.9. The van der Waals surface area contributed by atoms with Gasteiger partial charge in [-0.05, 0) is 102 Å². The van der Waals surface area contributed by atoms with E-state index in [0.717, 1.165) is 67.1 Å². The molecular weight excluding hydrogens is 633 g/mol. The number of nitrogens with zero attached hydrogens (tertiary/aromatic N) is 4. The number of benzene rings is 3. The zero-order valence-corrected chi connectivity index (χ0v) is 29.9. The summed E-state index contributed by atoms with van der Waals surface area (Å²) in [5.41, 5.74) is 12.3. The predicted molar refractivity (Wildman–Crippen MR) is 212 cm³/mol. The SMILES string of the molecule is CC1(c2nc(C3=CC[C@@](C)(c4cnc5ccccc5c4)CC3)nc(C3=C[C@@H]4C=CC=CC4c4ccccc43)n2)CC2=C(C=CCC2)c2ccccc21. The molecule has 4 atom stereocenters. The summed E-state index contributed by atoms with van der Waals surface area (Å²) in [6.45, 7) is 4.75. The van der Waals surface area contributed by atoms with Crippen LogP contribution in [0.2, 0.25) is 0 Å². The largest absolute Gasteiger partial charge is 0.256 e. The Morgan fingerprint density at radius 1 is 0.788 bits per heavy atom. The fraction of sp³-hybridized carbons (Fsp3) is 0.250. The highest BCUT2D eigenvalue weighted by atomic mass is 15.0. The van der Waals surface area contributed by atoms with Crippen LogP contribution >= 0.6 is 0 Å². The van der Waals surface area contributed by atoms with Gasteiger partial charge >= 0.3 is 0 Å². The summed E-state index contributed by atoms with van der Waals surface area (Å²) >= 11 is 0. The second-order valence-electron chi connectivity index (χ2n) is 15.8. The van der Waals surface area contributed by atoms with E-state index in [0.29, 0.717) is 5.92 Å². The Hall–Kier alpha value is -5.48. The Bertz CT molecular complexity index is 2480. The summed E-state index contributed by atoms with van der Waals surface area (Å²) in [4.78, 5) is 21.2. The standard InChI is InChI=1S/C48H42N4/c1-47(35-27-33-14-5-12-22-43(33)49-30-35)25-23-31(24-26-47)44-50-45(41-28-32-13-3-6-16-36(32)38-18-8-9-19-39(38)41)52-46(51-44)48(2)29-34-15-4-7-17-37(34)40-20-10-11-21-42(40)48/h3,5-14,16-23,27-28,30,32,36H,4,15,24-26,29H2,1-2H3/t32-,36?,47+,48?/m0/s1.